The van der Waals surface area contributed by atoms with Gasteiger partial charge in [0.05, 0.1) is 18.8 Å². The molecule has 2 atom stereocenters. The van der Waals surface area contributed by atoms with Crippen LogP contribution in [0.3, 0.4) is 0 Å². The zero-order valence-corrected chi connectivity index (χ0v) is 4.61. The van der Waals surface area contributed by atoms with E-state index in [-0.39, 0.29) is 12.1 Å². The van der Waals surface area contributed by atoms with Gasteiger partial charge in [-0.15, -0.1) is 0 Å². The summed E-state index contributed by atoms with van der Waals surface area (Å²) in [6.07, 6.45) is 0.200. The number of nitrogens with zero attached hydrogens (tertiary/aromatic N) is 3. The number of epoxide rings is 1. The molecular formula is C4H7N3O. The third-order valence-electron chi connectivity index (χ3n) is 1.13. The van der Waals surface area contributed by atoms with Crippen LogP contribution in [0.15, 0.2) is 5.11 Å². The first-order chi connectivity index (χ1) is 3.84. The van der Waals surface area contributed by atoms with Crippen LogP contribution in [0.2, 0.25) is 0 Å². The average molecular weight is 113 g/mol. The fourth-order valence-electron chi connectivity index (χ4n) is 0.490. The van der Waals surface area contributed by atoms with Gasteiger partial charge in [0.15, 0.2) is 0 Å². The second kappa shape index (κ2) is 2.03. The van der Waals surface area contributed by atoms with Gasteiger partial charge in [-0.2, -0.15) is 0 Å². The highest BCUT2D eigenvalue weighted by molar-refractivity contribution is 4.81. The molecule has 1 saturated heterocycles. The first-order valence-electron chi connectivity index (χ1n) is 2.50. The van der Waals surface area contributed by atoms with Crippen molar-refractivity contribution < 1.29 is 4.74 Å². The molecule has 0 amide bonds. The van der Waals surface area contributed by atoms with Gasteiger partial charge >= 0.3 is 0 Å². The molecule has 0 aromatic rings. The summed E-state index contributed by atoms with van der Waals surface area (Å²) < 4.78 is 4.86. The van der Waals surface area contributed by atoms with E-state index in [2.05, 4.69) is 10.0 Å². The summed E-state index contributed by atoms with van der Waals surface area (Å²) in [5, 5.41) is 3.44. The van der Waals surface area contributed by atoms with Crippen LogP contribution < -0.4 is 0 Å². The summed E-state index contributed by atoms with van der Waals surface area (Å²) in [7, 11) is 0. The van der Waals surface area contributed by atoms with Gasteiger partial charge in [0.25, 0.3) is 0 Å². The molecule has 44 valence electrons. The van der Waals surface area contributed by atoms with Crippen molar-refractivity contribution in [2.45, 2.75) is 19.1 Å². The number of hydrogen-bond acceptors (Lipinski definition) is 2. The Balaban J connectivity index is 2.32. The first-order valence-corrected chi connectivity index (χ1v) is 2.50. The highest BCUT2D eigenvalue weighted by atomic mass is 16.6. The molecule has 0 saturated carbocycles. The quantitative estimate of drug-likeness (QED) is 0.229. The Hall–Kier alpha value is -0.730. The second-order valence-electron chi connectivity index (χ2n) is 1.82. The maximum atomic E-state index is 7.92. The number of azide groups is 1. The predicted octanol–water partition coefficient (Wildman–Crippen LogP) is 1.08. The molecule has 0 radical (unpaired) electrons. The van der Waals surface area contributed by atoms with E-state index in [9.17, 15) is 0 Å². The average Bonchev–Trinajstić information content (AvgIpc) is 2.45. The topological polar surface area (TPSA) is 61.3 Å². The second-order valence-corrected chi connectivity index (χ2v) is 1.82. The molecule has 0 N–H and O–H groups in total. The van der Waals surface area contributed by atoms with Gasteiger partial charge in [0, 0.05) is 4.91 Å². The minimum Gasteiger partial charge on any atom is -0.373 e. The fraction of sp³-hybridized carbons (Fsp3) is 1.00. The third-order valence-corrected chi connectivity index (χ3v) is 1.13. The number of rotatable bonds is 2. The van der Waals surface area contributed by atoms with Crippen LogP contribution in [0.5, 0.6) is 0 Å². The molecule has 4 nitrogen and oxygen atoms in total. The van der Waals surface area contributed by atoms with Crippen LogP contribution in [0.4, 0.5) is 0 Å². The largest absolute Gasteiger partial charge is 0.373 e. The zero-order valence-electron chi connectivity index (χ0n) is 4.61. The van der Waals surface area contributed by atoms with Crippen molar-refractivity contribution >= 4 is 0 Å². The Morgan fingerprint density at radius 2 is 2.62 bits per heavy atom. The molecule has 1 rings (SSSR count). The van der Waals surface area contributed by atoms with E-state index in [1.165, 1.54) is 0 Å². The van der Waals surface area contributed by atoms with Gasteiger partial charge in [-0.25, -0.2) is 0 Å². The van der Waals surface area contributed by atoms with E-state index in [0.29, 0.717) is 0 Å². The first kappa shape index (κ1) is 5.41. The summed E-state index contributed by atoms with van der Waals surface area (Å²) in [6, 6.07) is 0.0139. The molecule has 1 heterocycles. The summed E-state index contributed by atoms with van der Waals surface area (Å²) in [6.45, 7) is 2.59. The lowest BCUT2D eigenvalue weighted by Gasteiger charge is -1.92. The van der Waals surface area contributed by atoms with Gasteiger partial charge in [-0.3, -0.25) is 0 Å². The van der Waals surface area contributed by atoms with Crippen molar-refractivity contribution in [3.8, 4) is 0 Å². The van der Waals surface area contributed by atoms with Gasteiger partial charge in [0.1, 0.15) is 0 Å². The number of hydrogen-bond donors (Lipinski definition) is 0. The third kappa shape index (κ3) is 1.12. The molecule has 4 heteroatoms. The maximum Gasteiger partial charge on any atom is 0.0891 e. The van der Waals surface area contributed by atoms with Crippen molar-refractivity contribution in [3.05, 3.63) is 10.4 Å². The van der Waals surface area contributed by atoms with Crippen molar-refractivity contribution in [3.63, 3.8) is 0 Å². The summed E-state index contributed by atoms with van der Waals surface area (Å²) in [5.41, 5.74) is 7.92. The van der Waals surface area contributed by atoms with E-state index in [0.717, 1.165) is 6.61 Å². The molecule has 8 heavy (non-hydrogen) atoms. The van der Waals surface area contributed by atoms with Crippen molar-refractivity contribution in [1.82, 2.24) is 0 Å². The van der Waals surface area contributed by atoms with Crippen LogP contribution in [-0.2, 0) is 4.74 Å². The van der Waals surface area contributed by atoms with E-state index in [1.54, 1.807) is 0 Å². The van der Waals surface area contributed by atoms with Crippen LogP contribution in [0.25, 0.3) is 10.4 Å². The summed E-state index contributed by atoms with van der Waals surface area (Å²) in [5.74, 6) is 0. The molecule has 0 bridgehead atoms. The fourth-order valence-corrected chi connectivity index (χ4v) is 0.490. The van der Waals surface area contributed by atoms with Crippen LogP contribution in [0.1, 0.15) is 6.92 Å². The normalized spacial score (nSPS) is 28.4. The summed E-state index contributed by atoms with van der Waals surface area (Å²) in [4.78, 5) is 2.64. The van der Waals surface area contributed by atoms with E-state index in [4.69, 9.17) is 10.3 Å². The smallest absolute Gasteiger partial charge is 0.0891 e. The van der Waals surface area contributed by atoms with E-state index in [1.807, 2.05) is 6.92 Å². The molecule has 0 aromatic heterocycles. The molecular weight excluding hydrogens is 106 g/mol. The molecule has 1 fully saturated rings. The lowest BCUT2D eigenvalue weighted by atomic mass is 10.3. The highest BCUT2D eigenvalue weighted by Crippen LogP contribution is 2.15. The van der Waals surface area contributed by atoms with Crippen LogP contribution in [-0.4, -0.2) is 18.8 Å². The van der Waals surface area contributed by atoms with Crippen LogP contribution in [0, 0.1) is 0 Å². The molecule has 2 unspecified atom stereocenters. The van der Waals surface area contributed by atoms with E-state index < -0.39 is 0 Å². The molecule has 1 aliphatic heterocycles. The highest BCUT2D eigenvalue weighted by Gasteiger charge is 2.28. The maximum absolute atomic E-state index is 7.92. The number of ether oxygens (including phenoxy) is 1. The van der Waals surface area contributed by atoms with Crippen molar-refractivity contribution in [2.24, 2.45) is 5.11 Å². The van der Waals surface area contributed by atoms with E-state index >= 15 is 0 Å². The van der Waals surface area contributed by atoms with Gasteiger partial charge in [0.2, 0.25) is 0 Å². The zero-order chi connectivity index (χ0) is 5.98. The standard InChI is InChI=1S/C4H7N3O/c1-3(6-7-5)4-2-8-4/h3-4H,2H2,1H3. The summed E-state index contributed by atoms with van der Waals surface area (Å²) >= 11 is 0. The van der Waals surface area contributed by atoms with Gasteiger partial charge < -0.3 is 4.74 Å². The minimum absolute atomic E-state index is 0.0139. The van der Waals surface area contributed by atoms with Crippen LogP contribution >= 0.6 is 0 Å². The molecule has 0 aliphatic carbocycles. The Morgan fingerprint density at radius 3 is 3.00 bits per heavy atom. The Kier molecular flexibility index (Phi) is 1.37. The molecule has 1 aliphatic rings. The Bertz CT molecular complexity index is 125. The SMILES string of the molecule is CC(N=[N+]=[N-])C1CO1. The van der Waals surface area contributed by atoms with Crippen molar-refractivity contribution in [1.29, 1.82) is 0 Å². The lowest BCUT2D eigenvalue weighted by Crippen LogP contribution is -2.04. The van der Waals surface area contributed by atoms with Gasteiger partial charge in [-0.05, 0) is 5.53 Å². The van der Waals surface area contributed by atoms with Gasteiger partial charge in [-0.1, -0.05) is 12.0 Å². The van der Waals surface area contributed by atoms with Crippen molar-refractivity contribution in [2.75, 3.05) is 6.61 Å². The monoisotopic (exact) mass is 113 g/mol. The minimum atomic E-state index is 0.0139. The molecule has 0 aromatic carbocycles. The Labute approximate surface area is 47.1 Å². The Morgan fingerprint density at radius 1 is 2.00 bits per heavy atom. The lowest BCUT2D eigenvalue weighted by molar-refractivity contribution is 0.381. The predicted molar refractivity (Wildman–Crippen MR) is 28.3 cm³/mol. The molecule has 0 spiro atoms.